The lowest BCUT2D eigenvalue weighted by atomic mass is 10.1. The second kappa shape index (κ2) is 6.99. The Kier molecular flexibility index (Phi) is 4.60. The zero-order chi connectivity index (χ0) is 16.9. The number of nitrogens with zero attached hydrogens (tertiary/aromatic N) is 3. The van der Waals surface area contributed by atoms with Crippen molar-refractivity contribution < 1.29 is 14.3 Å². The monoisotopic (exact) mass is 326 g/mol. The Hall–Kier alpha value is -3.09. The number of benzene rings is 1. The maximum Gasteiger partial charge on any atom is 0.224 e. The highest BCUT2D eigenvalue weighted by molar-refractivity contribution is 5.79. The topological polar surface area (TPSA) is 77.8 Å². The molecular weight excluding hydrogens is 308 g/mol. The quantitative estimate of drug-likeness (QED) is 0.744. The first-order valence-electron chi connectivity index (χ1n) is 7.46. The van der Waals surface area contributed by atoms with Crippen LogP contribution in [0.3, 0.4) is 0 Å². The summed E-state index contributed by atoms with van der Waals surface area (Å²) in [7, 11) is 3.16. The number of ether oxygens (including phenoxy) is 2. The molecular formula is C17H18N4O3. The van der Waals surface area contributed by atoms with E-state index in [1.807, 2.05) is 12.3 Å². The van der Waals surface area contributed by atoms with E-state index in [0.29, 0.717) is 18.0 Å². The molecule has 2 aromatic heterocycles. The molecule has 0 saturated carbocycles. The van der Waals surface area contributed by atoms with E-state index in [1.54, 1.807) is 49.3 Å². The maximum absolute atomic E-state index is 12.2. The SMILES string of the molecule is COc1ccc(CC(=O)NCc2cnn3cccnc23)c(OC)c1. The van der Waals surface area contributed by atoms with Crippen molar-refractivity contribution in [3.63, 3.8) is 0 Å². The molecule has 0 atom stereocenters. The Labute approximate surface area is 139 Å². The number of hydrogen-bond donors (Lipinski definition) is 1. The van der Waals surface area contributed by atoms with Gasteiger partial charge < -0.3 is 14.8 Å². The summed E-state index contributed by atoms with van der Waals surface area (Å²) in [4.78, 5) is 16.5. The predicted molar refractivity (Wildman–Crippen MR) is 88.1 cm³/mol. The molecule has 0 saturated heterocycles. The van der Waals surface area contributed by atoms with Gasteiger partial charge in [-0.05, 0) is 12.1 Å². The van der Waals surface area contributed by atoms with Crippen molar-refractivity contribution in [1.29, 1.82) is 0 Å². The average Bonchev–Trinajstić information content (AvgIpc) is 3.03. The summed E-state index contributed by atoms with van der Waals surface area (Å²) >= 11 is 0. The van der Waals surface area contributed by atoms with Gasteiger partial charge in [0.15, 0.2) is 5.65 Å². The molecule has 3 aromatic rings. The van der Waals surface area contributed by atoms with E-state index in [2.05, 4.69) is 15.4 Å². The first-order chi connectivity index (χ1) is 11.7. The van der Waals surface area contributed by atoms with Gasteiger partial charge in [0.1, 0.15) is 11.5 Å². The minimum atomic E-state index is -0.103. The molecule has 1 N–H and O–H groups in total. The first kappa shape index (κ1) is 15.8. The fraction of sp³-hybridized carbons (Fsp3) is 0.235. The Morgan fingerprint density at radius 3 is 2.92 bits per heavy atom. The molecule has 24 heavy (non-hydrogen) atoms. The lowest BCUT2D eigenvalue weighted by molar-refractivity contribution is -0.120. The largest absolute Gasteiger partial charge is 0.497 e. The Bertz CT molecular complexity index is 860. The summed E-state index contributed by atoms with van der Waals surface area (Å²) in [5, 5.41) is 7.08. The molecule has 1 aromatic carbocycles. The van der Waals surface area contributed by atoms with E-state index >= 15 is 0 Å². The van der Waals surface area contributed by atoms with Crippen LogP contribution in [0.1, 0.15) is 11.1 Å². The summed E-state index contributed by atoms with van der Waals surface area (Å²) in [6, 6.07) is 7.20. The second-order valence-electron chi connectivity index (χ2n) is 5.19. The highest BCUT2D eigenvalue weighted by Gasteiger charge is 2.11. The van der Waals surface area contributed by atoms with Crippen LogP contribution in [-0.4, -0.2) is 34.7 Å². The van der Waals surface area contributed by atoms with Gasteiger partial charge in [-0.1, -0.05) is 6.07 Å². The zero-order valence-corrected chi connectivity index (χ0v) is 13.5. The van der Waals surface area contributed by atoms with Crippen molar-refractivity contribution in [2.75, 3.05) is 14.2 Å². The average molecular weight is 326 g/mol. The van der Waals surface area contributed by atoms with Crippen molar-refractivity contribution in [3.05, 3.63) is 54.0 Å². The number of fused-ring (bicyclic) bond motifs is 1. The molecule has 2 heterocycles. The molecule has 124 valence electrons. The van der Waals surface area contributed by atoms with Crippen LogP contribution < -0.4 is 14.8 Å². The number of rotatable bonds is 6. The molecule has 3 rings (SSSR count). The number of carbonyl (C=O) groups excluding carboxylic acids is 1. The van der Waals surface area contributed by atoms with Gasteiger partial charge in [0.25, 0.3) is 0 Å². The van der Waals surface area contributed by atoms with Crippen LogP contribution in [0.2, 0.25) is 0 Å². The third kappa shape index (κ3) is 3.29. The molecule has 0 bridgehead atoms. The van der Waals surface area contributed by atoms with Crippen LogP contribution in [0.5, 0.6) is 11.5 Å². The highest BCUT2D eigenvalue weighted by atomic mass is 16.5. The predicted octanol–water partition coefficient (Wildman–Crippen LogP) is 1.61. The third-order valence-corrected chi connectivity index (χ3v) is 3.67. The maximum atomic E-state index is 12.2. The number of carbonyl (C=O) groups is 1. The summed E-state index contributed by atoms with van der Waals surface area (Å²) in [5.74, 6) is 1.21. The molecule has 7 nitrogen and oxygen atoms in total. The van der Waals surface area contributed by atoms with Crippen LogP contribution in [-0.2, 0) is 17.8 Å². The number of amides is 1. The molecule has 0 radical (unpaired) electrons. The van der Waals surface area contributed by atoms with Crippen molar-refractivity contribution in [2.45, 2.75) is 13.0 Å². The van der Waals surface area contributed by atoms with Gasteiger partial charge in [-0.25, -0.2) is 9.50 Å². The van der Waals surface area contributed by atoms with Gasteiger partial charge >= 0.3 is 0 Å². The summed E-state index contributed by atoms with van der Waals surface area (Å²) in [6.07, 6.45) is 5.44. The Balaban J connectivity index is 1.66. The van der Waals surface area contributed by atoms with Gasteiger partial charge in [0.05, 0.1) is 26.8 Å². The second-order valence-corrected chi connectivity index (χ2v) is 5.19. The fourth-order valence-electron chi connectivity index (χ4n) is 2.43. The van der Waals surface area contributed by atoms with Gasteiger partial charge in [0.2, 0.25) is 5.91 Å². The highest BCUT2D eigenvalue weighted by Crippen LogP contribution is 2.24. The molecule has 0 unspecified atom stereocenters. The Morgan fingerprint density at radius 2 is 2.12 bits per heavy atom. The van der Waals surface area contributed by atoms with Crippen molar-refractivity contribution in [3.8, 4) is 11.5 Å². The van der Waals surface area contributed by atoms with E-state index in [1.165, 1.54) is 0 Å². The summed E-state index contributed by atoms with van der Waals surface area (Å²) in [6.45, 7) is 0.373. The summed E-state index contributed by atoms with van der Waals surface area (Å²) < 4.78 is 12.1. The summed E-state index contributed by atoms with van der Waals surface area (Å²) in [5.41, 5.74) is 2.40. The number of aromatic nitrogens is 3. The van der Waals surface area contributed by atoms with E-state index in [4.69, 9.17) is 9.47 Å². The molecule has 1 amide bonds. The van der Waals surface area contributed by atoms with Crippen molar-refractivity contribution in [2.24, 2.45) is 0 Å². The molecule has 0 aliphatic carbocycles. The van der Waals surface area contributed by atoms with Crippen LogP contribution in [0.15, 0.2) is 42.9 Å². The molecule has 0 spiro atoms. The normalized spacial score (nSPS) is 10.6. The number of hydrogen-bond acceptors (Lipinski definition) is 5. The van der Waals surface area contributed by atoms with Crippen LogP contribution in [0.4, 0.5) is 0 Å². The first-order valence-corrected chi connectivity index (χ1v) is 7.46. The lowest BCUT2D eigenvalue weighted by Crippen LogP contribution is -2.24. The lowest BCUT2D eigenvalue weighted by Gasteiger charge is -2.10. The van der Waals surface area contributed by atoms with Gasteiger partial charge in [-0.15, -0.1) is 0 Å². The van der Waals surface area contributed by atoms with E-state index < -0.39 is 0 Å². The van der Waals surface area contributed by atoms with Crippen LogP contribution in [0, 0.1) is 0 Å². The minimum absolute atomic E-state index is 0.103. The number of methoxy groups -OCH3 is 2. The third-order valence-electron chi connectivity index (χ3n) is 3.67. The molecule has 0 aliphatic rings. The smallest absolute Gasteiger partial charge is 0.224 e. The Morgan fingerprint density at radius 1 is 1.25 bits per heavy atom. The molecule has 7 heteroatoms. The molecule has 0 fully saturated rings. The minimum Gasteiger partial charge on any atom is -0.497 e. The van der Waals surface area contributed by atoms with E-state index in [9.17, 15) is 4.79 Å². The zero-order valence-electron chi connectivity index (χ0n) is 13.5. The van der Waals surface area contributed by atoms with Crippen LogP contribution in [0.25, 0.3) is 5.65 Å². The number of nitrogens with one attached hydrogen (secondary N) is 1. The standard InChI is InChI=1S/C17H18N4O3/c1-23-14-5-4-12(15(9-14)24-2)8-16(22)19-10-13-11-20-21-7-3-6-18-17(13)21/h3-7,9,11H,8,10H2,1-2H3,(H,19,22). The fourth-order valence-corrected chi connectivity index (χ4v) is 2.43. The van der Waals surface area contributed by atoms with Gasteiger partial charge in [-0.3, -0.25) is 4.79 Å². The van der Waals surface area contributed by atoms with Gasteiger partial charge in [-0.2, -0.15) is 5.10 Å². The van der Waals surface area contributed by atoms with Crippen molar-refractivity contribution >= 4 is 11.6 Å². The van der Waals surface area contributed by atoms with Gasteiger partial charge in [0, 0.05) is 36.1 Å². The van der Waals surface area contributed by atoms with E-state index in [0.717, 1.165) is 16.8 Å². The van der Waals surface area contributed by atoms with Crippen LogP contribution >= 0.6 is 0 Å². The van der Waals surface area contributed by atoms with E-state index in [-0.39, 0.29) is 12.3 Å². The molecule has 0 aliphatic heterocycles. The van der Waals surface area contributed by atoms with Crippen molar-refractivity contribution in [1.82, 2.24) is 19.9 Å².